The van der Waals surface area contributed by atoms with Crippen molar-refractivity contribution >= 4 is 17.4 Å². The molecular weight excluding hydrogens is 198 g/mol. The highest BCUT2D eigenvalue weighted by Gasteiger charge is 2.35. The van der Waals surface area contributed by atoms with Gasteiger partial charge in [-0.2, -0.15) is 17.6 Å². The van der Waals surface area contributed by atoms with Crippen molar-refractivity contribution in [2.24, 2.45) is 0 Å². The molecule has 1 heterocycles. The number of thiazole rings is 1. The van der Waals surface area contributed by atoms with E-state index in [4.69, 9.17) is 0 Å². The molecule has 0 amide bonds. The van der Waals surface area contributed by atoms with Gasteiger partial charge in [-0.25, -0.2) is 4.98 Å². The summed E-state index contributed by atoms with van der Waals surface area (Å²) in [5, 5.41) is -1.22. The van der Waals surface area contributed by atoms with Crippen LogP contribution in [0, 0.1) is 0 Å². The first-order valence-corrected chi connectivity index (χ1v) is 3.46. The summed E-state index contributed by atoms with van der Waals surface area (Å²) < 4.78 is 47.1. The number of hydrogen-bond acceptors (Lipinski definition) is 3. The first kappa shape index (κ1) is 9.11. The van der Waals surface area contributed by atoms with E-state index in [1.165, 1.54) is 0 Å². The molecule has 0 atom stereocenters. The Morgan fingerprint density at radius 3 is 2.33 bits per heavy atom. The van der Waals surface area contributed by atoms with Crippen molar-refractivity contribution in [3.63, 3.8) is 0 Å². The van der Waals surface area contributed by atoms with E-state index in [1.54, 1.807) is 0 Å². The Balaban J connectivity index is 3.00. The van der Waals surface area contributed by atoms with E-state index in [0.29, 0.717) is 6.20 Å². The minimum Gasteiger partial charge on any atom is -0.254 e. The van der Waals surface area contributed by atoms with Crippen molar-refractivity contribution in [1.82, 2.24) is 4.98 Å². The normalized spacial score (nSPS) is 11.7. The van der Waals surface area contributed by atoms with Gasteiger partial charge in [-0.1, -0.05) is 0 Å². The largest absolute Gasteiger partial charge is 0.443 e. The fourth-order valence-electron chi connectivity index (χ4n) is 0.496. The molecule has 0 unspecified atom stereocenters. The standard InChI is InChI=1S/C5HF4NOS/c6-3(11)2-1-10-4(12-2)5(7,8)9/h1H. The maximum absolute atomic E-state index is 11.8. The number of alkyl halides is 3. The van der Waals surface area contributed by atoms with E-state index in [2.05, 4.69) is 4.98 Å². The number of carbonyl (C=O) groups is 1. The first-order chi connectivity index (χ1) is 5.41. The van der Waals surface area contributed by atoms with Crippen LogP contribution in [0.4, 0.5) is 17.6 Å². The molecule has 0 aliphatic rings. The number of nitrogens with zero attached hydrogens (tertiary/aromatic N) is 1. The Morgan fingerprint density at radius 1 is 1.50 bits per heavy atom. The second kappa shape index (κ2) is 2.81. The number of rotatable bonds is 1. The fourth-order valence-corrected chi connectivity index (χ4v) is 1.11. The van der Waals surface area contributed by atoms with E-state index in [1.807, 2.05) is 0 Å². The average molecular weight is 199 g/mol. The molecule has 0 N–H and O–H groups in total. The van der Waals surface area contributed by atoms with Gasteiger partial charge in [0.15, 0.2) is 5.01 Å². The zero-order valence-electron chi connectivity index (χ0n) is 5.35. The van der Waals surface area contributed by atoms with Crippen LogP contribution < -0.4 is 0 Å². The van der Waals surface area contributed by atoms with Crippen LogP contribution in [0.15, 0.2) is 6.20 Å². The third-order valence-corrected chi connectivity index (χ3v) is 1.96. The Morgan fingerprint density at radius 2 is 2.08 bits per heavy atom. The van der Waals surface area contributed by atoms with Crippen LogP contribution in [0.1, 0.15) is 14.7 Å². The molecule has 0 aliphatic carbocycles. The molecule has 0 fully saturated rings. The summed E-state index contributed by atoms with van der Waals surface area (Å²) in [4.78, 5) is 12.1. The monoisotopic (exact) mass is 199 g/mol. The maximum atomic E-state index is 11.8. The van der Waals surface area contributed by atoms with E-state index in [-0.39, 0.29) is 11.3 Å². The summed E-state index contributed by atoms with van der Waals surface area (Å²) in [6, 6.07) is -1.90. The number of carbonyl (C=O) groups excluding carboxylic acids is 1. The molecule has 1 rings (SSSR count). The third-order valence-electron chi connectivity index (χ3n) is 0.942. The zero-order chi connectivity index (χ0) is 9.35. The summed E-state index contributed by atoms with van der Waals surface area (Å²) in [5.74, 6) is 0. The Bertz CT molecular complexity index is 305. The highest BCUT2D eigenvalue weighted by molar-refractivity contribution is 7.13. The molecule has 0 bridgehead atoms. The van der Waals surface area contributed by atoms with Crippen LogP contribution in [-0.2, 0) is 6.18 Å². The van der Waals surface area contributed by atoms with Crippen molar-refractivity contribution in [1.29, 1.82) is 0 Å². The van der Waals surface area contributed by atoms with Crippen LogP contribution in [0.25, 0.3) is 0 Å². The lowest BCUT2D eigenvalue weighted by atomic mass is 10.6. The van der Waals surface area contributed by atoms with Gasteiger partial charge in [0.2, 0.25) is 0 Å². The van der Waals surface area contributed by atoms with Gasteiger partial charge in [-0.3, -0.25) is 4.79 Å². The van der Waals surface area contributed by atoms with Gasteiger partial charge >= 0.3 is 12.2 Å². The maximum Gasteiger partial charge on any atom is 0.443 e. The fraction of sp³-hybridized carbons (Fsp3) is 0.200. The molecule has 66 valence electrons. The molecule has 1 aromatic rings. The Kier molecular flexibility index (Phi) is 2.14. The number of halogens is 4. The van der Waals surface area contributed by atoms with Crippen LogP contribution in [0.3, 0.4) is 0 Å². The van der Waals surface area contributed by atoms with Gasteiger partial charge in [0.05, 0.1) is 6.20 Å². The van der Waals surface area contributed by atoms with Crippen molar-refractivity contribution in [2.75, 3.05) is 0 Å². The predicted octanol–water partition coefficient (Wildman–Crippen LogP) is 2.27. The summed E-state index contributed by atoms with van der Waals surface area (Å²) in [5.41, 5.74) is 0. The molecule has 1 aromatic heterocycles. The summed E-state index contributed by atoms with van der Waals surface area (Å²) in [6.07, 6.45) is -4.05. The van der Waals surface area contributed by atoms with Crippen LogP contribution in [0.5, 0.6) is 0 Å². The second-order valence-corrected chi connectivity index (χ2v) is 2.83. The second-order valence-electron chi connectivity index (χ2n) is 1.80. The van der Waals surface area contributed by atoms with Gasteiger partial charge in [0.1, 0.15) is 4.88 Å². The summed E-state index contributed by atoms with van der Waals surface area (Å²) in [6.45, 7) is 0. The average Bonchev–Trinajstić information content (AvgIpc) is 2.30. The molecule has 0 aliphatic heterocycles. The van der Waals surface area contributed by atoms with Crippen LogP contribution in [0.2, 0.25) is 0 Å². The highest BCUT2D eigenvalue weighted by Crippen LogP contribution is 2.32. The summed E-state index contributed by atoms with van der Waals surface area (Å²) >= 11 is -0.0127. The quantitative estimate of drug-likeness (QED) is 0.513. The summed E-state index contributed by atoms with van der Waals surface area (Å²) in [7, 11) is 0. The van der Waals surface area contributed by atoms with E-state index < -0.39 is 22.1 Å². The van der Waals surface area contributed by atoms with E-state index >= 15 is 0 Å². The Hall–Kier alpha value is -0.980. The minimum atomic E-state index is -4.61. The van der Waals surface area contributed by atoms with Gasteiger partial charge in [0, 0.05) is 0 Å². The molecule has 0 radical (unpaired) electrons. The molecule has 0 spiro atoms. The van der Waals surface area contributed by atoms with Gasteiger partial charge in [-0.15, -0.1) is 11.3 Å². The zero-order valence-corrected chi connectivity index (χ0v) is 6.17. The first-order valence-electron chi connectivity index (χ1n) is 2.64. The number of hydrogen-bond donors (Lipinski definition) is 0. The molecule has 0 saturated carbocycles. The third kappa shape index (κ3) is 1.79. The molecule has 7 heteroatoms. The lowest BCUT2D eigenvalue weighted by Crippen LogP contribution is -2.02. The predicted molar refractivity (Wildman–Crippen MR) is 32.6 cm³/mol. The topological polar surface area (TPSA) is 30.0 Å². The SMILES string of the molecule is O=C(F)c1cnc(C(F)(F)F)s1. The van der Waals surface area contributed by atoms with Gasteiger partial charge < -0.3 is 0 Å². The molecule has 0 aromatic carbocycles. The molecule has 2 nitrogen and oxygen atoms in total. The number of aromatic nitrogens is 1. The van der Waals surface area contributed by atoms with Crippen molar-refractivity contribution in [3.05, 3.63) is 16.1 Å². The van der Waals surface area contributed by atoms with Gasteiger partial charge in [-0.05, 0) is 0 Å². The molecule has 12 heavy (non-hydrogen) atoms. The lowest BCUT2D eigenvalue weighted by Gasteiger charge is -1.98. The lowest BCUT2D eigenvalue weighted by molar-refractivity contribution is -0.137. The molecular formula is C5HF4NOS. The minimum absolute atomic E-state index is 0.0127. The van der Waals surface area contributed by atoms with Crippen LogP contribution >= 0.6 is 11.3 Å². The Labute approximate surface area is 67.8 Å². The van der Waals surface area contributed by atoms with Crippen LogP contribution in [-0.4, -0.2) is 11.0 Å². The molecule has 0 saturated heterocycles. The highest BCUT2D eigenvalue weighted by atomic mass is 32.1. The van der Waals surface area contributed by atoms with Crippen molar-refractivity contribution in [3.8, 4) is 0 Å². The van der Waals surface area contributed by atoms with E-state index in [9.17, 15) is 22.4 Å². The van der Waals surface area contributed by atoms with Crippen molar-refractivity contribution in [2.45, 2.75) is 6.18 Å². The smallest absolute Gasteiger partial charge is 0.254 e. The van der Waals surface area contributed by atoms with E-state index in [0.717, 1.165) is 0 Å². The van der Waals surface area contributed by atoms with Crippen molar-refractivity contribution < 1.29 is 22.4 Å². The van der Waals surface area contributed by atoms with Gasteiger partial charge in [0.25, 0.3) is 0 Å².